The maximum atomic E-state index is 5.85. The van der Waals surface area contributed by atoms with E-state index in [-0.39, 0.29) is 0 Å². The minimum absolute atomic E-state index is 0.319. The van der Waals surface area contributed by atoms with Crippen molar-refractivity contribution in [1.29, 1.82) is 0 Å². The zero-order valence-corrected chi connectivity index (χ0v) is 10.3. The van der Waals surface area contributed by atoms with Crippen molar-refractivity contribution in [3.05, 3.63) is 34.9 Å². The molecule has 2 rings (SSSR count). The first-order chi connectivity index (χ1) is 7.69. The van der Waals surface area contributed by atoms with E-state index < -0.39 is 0 Å². The van der Waals surface area contributed by atoms with Crippen LogP contribution in [-0.4, -0.2) is 13.1 Å². The largest absolute Gasteiger partial charge is 0.329 e. The lowest BCUT2D eigenvalue weighted by Crippen LogP contribution is -2.29. The molecule has 0 spiro atoms. The average Bonchev–Trinajstić information content (AvgIpc) is 3.01. The second kappa shape index (κ2) is 4.98. The Morgan fingerprint density at radius 1 is 1.25 bits per heavy atom. The molecule has 2 nitrogen and oxygen atoms in total. The van der Waals surface area contributed by atoms with Gasteiger partial charge < -0.3 is 11.1 Å². The van der Waals surface area contributed by atoms with E-state index in [4.69, 9.17) is 5.73 Å². The van der Waals surface area contributed by atoms with Gasteiger partial charge in [-0.1, -0.05) is 29.3 Å². The number of hydrogen-bond donors (Lipinski definition) is 2. The van der Waals surface area contributed by atoms with Crippen molar-refractivity contribution < 1.29 is 0 Å². The smallest absolute Gasteiger partial charge is 0.0444 e. The predicted octanol–water partition coefficient (Wildman–Crippen LogP) is 2.30. The van der Waals surface area contributed by atoms with E-state index in [9.17, 15) is 0 Å². The Morgan fingerprint density at radius 2 is 1.88 bits per heavy atom. The first kappa shape index (κ1) is 11.6. The van der Waals surface area contributed by atoms with Crippen LogP contribution in [0, 0.1) is 19.8 Å². The average molecular weight is 218 g/mol. The maximum Gasteiger partial charge on any atom is 0.0444 e. The van der Waals surface area contributed by atoms with Crippen LogP contribution < -0.4 is 11.1 Å². The number of benzene rings is 1. The first-order valence-corrected chi connectivity index (χ1v) is 6.20. The van der Waals surface area contributed by atoms with E-state index >= 15 is 0 Å². The fourth-order valence-corrected chi connectivity index (χ4v) is 2.18. The summed E-state index contributed by atoms with van der Waals surface area (Å²) in [5.41, 5.74) is 9.82. The topological polar surface area (TPSA) is 38.0 Å². The molecule has 1 atom stereocenters. The normalized spacial score (nSPS) is 17.4. The minimum atomic E-state index is 0.319. The van der Waals surface area contributed by atoms with Gasteiger partial charge in [-0.05, 0) is 44.7 Å². The molecular formula is C14H22N2. The molecule has 88 valence electrons. The third-order valence-electron chi connectivity index (χ3n) is 3.23. The number of nitrogens with one attached hydrogen (secondary N) is 1. The Kier molecular flexibility index (Phi) is 3.62. The van der Waals surface area contributed by atoms with Crippen molar-refractivity contribution in [3.8, 4) is 0 Å². The summed E-state index contributed by atoms with van der Waals surface area (Å²) < 4.78 is 0. The number of hydrogen-bond acceptors (Lipinski definition) is 2. The van der Waals surface area contributed by atoms with Crippen LogP contribution in [0.3, 0.4) is 0 Å². The third-order valence-corrected chi connectivity index (χ3v) is 3.23. The Balaban J connectivity index is 2.04. The molecule has 0 aliphatic heterocycles. The van der Waals surface area contributed by atoms with Crippen LogP contribution in [0.5, 0.6) is 0 Å². The lowest BCUT2D eigenvalue weighted by molar-refractivity contribution is 0.522. The molecule has 1 unspecified atom stereocenters. The molecule has 2 heteroatoms. The lowest BCUT2D eigenvalue weighted by Gasteiger charge is -2.18. The fraction of sp³-hybridized carbons (Fsp3) is 0.571. The van der Waals surface area contributed by atoms with Gasteiger partial charge >= 0.3 is 0 Å². The standard InChI is InChI=1S/C14H22N2/c1-10-5-11(2)7-13(6-10)14(8-15)16-9-12-3-4-12/h5-7,12,14,16H,3-4,8-9,15H2,1-2H3. The third kappa shape index (κ3) is 3.06. The van der Waals surface area contributed by atoms with Crippen LogP contribution in [0.4, 0.5) is 0 Å². The molecule has 0 heterocycles. The first-order valence-electron chi connectivity index (χ1n) is 6.20. The van der Waals surface area contributed by atoms with Crippen LogP contribution >= 0.6 is 0 Å². The lowest BCUT2D eigenvalue weighted by atomic mass is 10.0. The molecule has 0 bridgehead atoms. The highest BCUT2D eigenvalue weighted by atomic mass is 14.9. The van der Waals surface area contributed by atoms with Crippen LogP contribution in [0.15, 0.2) is 18.2 Å². The molecule has 3 N–H and O–H groups in total. The molecule has 1 saturated carbocycles. The van der Waals surface area contributed by atoms with E-state index in [0.717, 1.165) is 12.5 Å². The van der Waals surface area contributed by atoms with E-state index in [1.54, 1.807) is 0 Å². The molecule has 0 saturated heterocycles. The van der Waals surface area contributed by atoms with Crippen LogP contribution in [-0.2, 0) is 0 Å². The van der Waals surface area contributed by atoms with Crippen molar-refractivity contribution in [2.45, 2.75) is 32.7 Å². The second-order valence-electron chi connectivity index (χ2n) is 5.06. The predicted molar refractivity (Wildman–Crippen MR) is 68.4 cm³/mol. The van der Waals surface area contributed by atoms with E-state index in [0.29, 0.717) is 12.6 Å². The van der Waals surface area contributed by atoms with E-state index in [1.165, 1.54) is 29.5 Å². The van der Waals surface area contributed by atoms with Crippen LogP contribution in [0.1, 0.15) is 35.6 Å². The summed E-state index contributed by atoms with van der Waals surface area (Å²) in [7, 11) is 0. The molecule has 1 fully saturated rings. The fourth-order valence-electron chi connectivity index (χ4n) is 2.18. The van der Waals surface area contributed by atoms with Gasteiger partial charge in [-0.25, -0.2) is 0 Å². The van der Waals surface area contributed by atoms with Crippen molar-refractivity contribution >= 4 is 0 Å². The van der Waals surface area contributed by atoms with Gasteiger partial charge in [-0.15, -0.1) is 0 Å². The quantitative estimate of drug-likeness (QED) is 0.796. The molecule has 0 radical (unpaired) electrons. The summed E-state index contributed by atoms with van der Waals surface area (Å²) >= 11 is 0. The van der Waals surface area contributed by atoms with E-state index in [2.05, 4.69) is 37.4 Å². The highest BCUT2D eigenvalue weighted by Gasteiger charge is 2.22. The van der Waals surface area contributed by atoms with Gasteiger partial charge in [0.15, 0.2) is 0 Å². The number of nitrogens with two attached hydrogens (primary N) is 1. The van der Waals surface area contributed by atoms with Gasteiger partial charge in [0.2, 0.25) is 0 Å². The van der Waals surface area contributed by atoms with Crippen LogP contribution in [0.2, 0.25) is 0 Å². The van der Waals surface area contributed by atoms with Gasteiger partial charge in [0.1, 0.15) is 0 Å². The van der Waals surface area contributed by atoms with Crippen molar-refractivity contribution in [2.24, 2.45) is 11.7 Å². The molecule has 1 aromatic carbocycles. The number of aryl methyl sites for hydroxylation is 2. The summed E-state index contributed by atoms with van der Waals surface area (Å²) in [4.78, 5) is 0. The van der Waals surface area contributed by atoms with Gasteiger partial charge in [0.05, 0.1) is 0 Å². The SMILES string of the molecule is Cc1cc(C)cc(C(CN)NCC2CC2)c1. The van der Waals surface area contributed by atoms with Crippen LogP contribution in [0.25, 0.3) is 0 Å². The van der Waals surface area contributed by atoms with Gasteiger partial charge in [-0.2, -0.15) is 0 Å². The molecular weight excluding hydrogens is 196 g/mol. The summed E-state index contributed by atoms with van der Waals surface area (Å²) in [6, 6.07) is 7.01. The molecule has 0 amide bonds. The summed E-state index contributed by atoms with van der Waals surface area (Å²) in [6.07, 6.45) is 2.77. The minimum Gasteiger partial charge on any atom is -0.329 e. The van der Waals surface area contributed by atoms with Crippen molar-refractivity contribution in [3.63, 3.8) is 0 Å². The van der Waals surface area contributed by atoms with Gasteiger partial charge in [0, 0.05) is 12.6 Å². The Bertz CT molecular complexity index is 336. The molecule has 0 aromatic heterocycles. The maximum absolute atomic E-state index is 5.85. The molecule has 1 aliphatic rings. The highest BCUT2D eigenvalue weighted by Crippen LogP contribution is 2.28. The second-order valence-corrected chi connectivity index (χ2v) is 5.06. The summed E-state index contributed by atoms with van der Waals surface area (Å²) in [5.74, 6) is 0.903. The monoisotopic (exact) mass is 218 g/mol. The molecule has 1 aromatic rings. The summed E-state index contributed by atoms with van der Waals surface area (Å²) in [6.45, 7) is 6.08. The number of rotatable bonds is 5. The zero-order valence-electron chi connectivity index (χ0n) is 10.3. The van der Waals surface area contributed by atoms with Gasteiger partial charge in [0.25, 0.3) is 0 Å². The van der Waals surface area contributed by atoms with Crippen molar-refractivity contribution in [2.75, 3.05) is 13.1 Å². The van der Waals surface area contributed by atoms with E-state index in [1.807, 2.05) is 0 Å². The molecule has 1 aliphatic carbocycles. The zero-order chi connectivity index (χ0) is 11.5. The highest BCUT2D eigenvalue weighted by molar-refractivity contribution is 5.30. The molecule has 16 heavy (non-hydrogen) atoms. The Hall–Kier alpha value is -0.860. The Labute approximate surface area is 98.2 Å². The van der Waals surface area contributed by atoms with Gasteiger partial charge in [-0.3, -0.25) is 0 Å². The summed E-state index contributed by atoms with van der Waals surface area (Å²) in [5, 5.41) is 3.58. The Morgan fingerprint density at radius 3 is 2.38 bits per heavy atom. The van der Waals surface area contributed by atoms with Crippen molar-refractivity contribution in [1.82, 2.24) is 5.32 Å².